The monoisotopic (exact) mass is 568 g/mol. The van der Waals surface area contributed by atoms with Gasteiger partial charge in [-0.25, -0.2) is 9.44 Å². The summed E-state index contributed by atoms with van der Waals surface area (Å²) in [6.07, 6.45) is 0.406. The van der Waals surface area contributed by atoms with Gasteiger partial charge in [0.2, 0.25) is 0 Å². The molecule has 1 aliphatic heterocycles. The lowest BCUT2D eigenvalue weighted by atomic mass is 10.1. The standard InChI is InChI=1S/C17H14ClF3IN6OP/c18-14-13(6-25-28(30-22)16(14)29)26-5-3-12-11(8-26)24-9-27(12)7-10-2-1-4-23-15(10)17(19,20)21/h1-2,4,6,9,30H,3,5,7-8H2. The topological polar surface area (TPSA) is 68.8 Å². The van der Waals surface area contributed by atoms with E-state index in [0.717, 1.165) is 17.6 Å². The number of hydrogen-bond acceptors (Lipinski definition) is 5. The molecule has 0 bridgehead atoms. The third kappa shape index (κ3) is 4.06. The first-order valence-corrected chi connectivity index (χ1v) is 13.2. The van der Waals surface area contributed by atoms with Crippen LogP contribution in [0.2, 0.25) is 5.02 Å². The Labute approximate surface area is 188 Å². The quantitative estimate of drug-likeness (QED) is 0.353. The number of hydrogen-bond donors (Lipinski definition) is 0. The number of nitrogens with zero attached hydrogens (tertiary/aromatic N) is 6. The van der Waals surface area contributed by atoms with Crippen LogP contribution in [0.3, 0.4) is 0 Å². The molecule has 30 heavy (non-hydrogen) atoms. The molecular weight excluding hydrogens is 555 g/mol. The van der Waals surface area contributed by atoms with E-state index in [4.69, 9.17) is 11.6 Å². The van der Waals surface area contributed by atoms with Crippen molar-refractivity contribution in [1.29, 1.82) is 0 Å². The summed E-state index contributed by atoms with van der Waals surface area (Å²) >= 11 is 8.31. The lowest BCUT2D eigenvalue weighted by molar-refractivity contribution is -0.141. The van der Waals surface area contributed by atoms with Gasteiger partial charge in [0.15, 0.2) is 0 Å². The van der Waals surface area contributed by atoms with E-state index < -0.39 is 11.9 Å². The summed E-state index contributed by atoms with van der Waals surface area (Å²) in [5.74, 6) is 0. The summed E-state index contributed by atoms with van der Waals surface area (Å²) < 4.78 is 42.7. The number of rotatable bonds is 4. The van der Waals surface area contributed by atoms with Crippen molar-refractivity contribution < 1.29 is 13.2 Å². The summed E-state index contributed by atoms with van der Waals surface area (Å²) in [6, 6.07) is 2.91. The van der Waals surface area contributed by atoms with Gasteiger partial charge >= 0.3 is 6.18 Å². The Kier molecular flexibility index (Phi) is 6.04. The van der Waals surface area contributed by atoms with Crippen molar-refractivity contribution in [2.24, 2.45) is 0 Å². The second-order valence-corrected chi connectivity index (χ2v) is 9.01. The zero-order valence-corrected chi connectivity index (χ0v) is 19.1. The maximum Gasteiger partial charge on any atom is 0.433 e. The van der Waals surface area contributed by atoms with E-state index in [-0.39, 0.29) is 29.1 Å². The van der Waals surface area contributed by atoms with Crippen molar-refractivity contribution in [1.82, 2.24) is 24.1 Å². The molecule has 0 saturated carbocycles. The molecule has 7 nitrogen and oxygen atoms in total. The number of fused-ring (bicyclic) bond motifs is 1. The molecule has 0 N–H and O–H groups in total. The summed E-state index contributed by atoms with van der Waals surface area (Å²) in [6.45, 7) is 0.952. The predicted molar refractivity (Wildman–Crippen MR) is 117 cm³/mol. The normalized spacial score (nSPS) is 14.5. The molecule has 13 heteroatoms. The highest BCUT2D eigenvalue weighted by Gasteiger charge is 2.35. The van der Waals surface area contributed by atoms with Crippen LogP contribution >= 0.6 is 40.0 Å². The Morgan fingerprint density at radius 2 is 2.10 bits per heavy atom. The molecule has 1 aliphatic rings. The highest BCUT2D eigenvalue weighted by Crippen LogP contribution is 2.32. The van der Waals surface area contributed by atoms with Crippen molar-refractivity contribution in [2.45, 2.75) is 25.7 Å². The number of halogens is 5. The molecule has 0 aromatic carbocycles. The molecule has 0 radical (unpaired) electrons. The van der Waals surface area contributed by atoms with Gasteiger partial charge in [-0.15, -0.1) is 0 Å². The Morgan fingerprint density at radius 3 is 2.83 bits per heavy atom. The van der Waals surface area contributed by atoms with E-state index in [2.05, 4.69) is 15.1 Å². The van der Waals surface area contributed by atoms with Gasteiger partial charge in [0, 0.05) is 30.4 Å². The van der Waals surface area contributed by atoms with E-state index in [1.54, 1.807) is 10.8 Å². The van der Waals surface area contributed by atoms with Crippen LogP contribution in [0.5, 0.6) is 0 Å². The van der Waals surface area contributed by atoms with Crippen LogP contribution in [0, 0.1) is 0 Å². The molecule has 4 heterocycles. The number of pyridine rings is 1. The number of aromatic nitrogens is 5. The van der Waals surface area contributed by atoms with Gasteiger partial charge in [-0.05, 0) is 28.1 Å². The van der Waals surface area contributed by atoms with E-state index in [1.807, 2.05) is 26.9 Å². The first kappa shape index (κ1) is 21.5. The number of imidazole rings is 1. The molecule has 3 aromatic heterocycles. The summed E-state index contributed by atoms with van der Waals surface area (Å²) in [7, 11) is 0. The minimum absolute atomic E-state index is 0.0277. The summed E-state index contributed by atoms with van der Waals surface area (Å²) in [5.41, 5.74) is 0.959. The highest BCUT2D eigenvalue weighted by molar-refractivity contribution is 14.2. The molecule has 1 atom stereocenters. The van der Waals surface area contributed by atoms with Crippen LogP contribution in [0.25, 0.3) is 0 Å². The van der Waals surface area contributed by atoms with Crippen LogP contribution in [-0.4, -0.2) is 30.6 Å². The van der Waals surface area contributed by atoms with Crippen molar-refractivity contribution in [2.75, 3.05) is 11.4 Å². The van der Waals surface area contributed by atoms with E-state index in [0.29, 0.717) is 25.2 Å². The molecule has 0 spiro atoms. The lowest BCUT2D eigenvalue weighted by Gasteiger charge is -2.29. The van der Waals surface area contributed by atoms with Crippen molar-refractivity contribution in [3.63, 3.8) is 0 Å². The smallest absolute Gasteiger partial charge is 0.362 e. The third-order valence-electron chi connectivity index (χ3n) is 4.81. The number of alkyl halides is 3. The average Bonchev–Trinajstić information content (AvgIpc) is 3.11. The SMILES string of the molecule is O=c1c(Cl)c(N2CCc3c(ncn3Cc3cccnc3C(F)(F)F)C2)cnn1PI. The minimum Gasteiger partial charge on any atom is -0.362 e. The van der Waals surface area contributed by atoms with Crippen LogP contribution in [0.1, 0.15) is 22.6 Å². The second kappa shape index (κ2) is 8.43. The molecule has 4 rings (SSSR count). The van der Waals surface area contributed by atoms with Crippen LogP contribution in [0.4, 0.5) is 18.9 Å². The minimum atomic E-state index is -4.52. The van der Waals surface area contributed by atoms with Crippen molar-refractivity contribution in [3.05, 3.63) is 68.9 Å². The van der Waals surface area contributed by atoms with Gasteiger partial charge in [0.1, 0.15) is 10.7 Å². The Bertz CT molecular complexity index is 1150. The molecule has 0 saturated heterocycles. The van der Waals surface area contributed by atoms with Gasteiger partial charge in [-0.3, -0.25) is 9.78 Å². The fraction of sp³-hybridized carbons (Fsp3) is 0.294. The van der Waals surface area contributed by atoms with Crippen molar-refractivity contribution >= 4 is 45.7 Å². The molecule has 0 amide bonds. The first-order valence-electron chi connectivity index (χ1n) is 8.73. The number of anilines is 1. The predicted octanol–water partition coefficient (Wildman–Crippen LogP) is 3.91. The van der Waals surface area contributed by atoms with E-state index >= 15 is 0 Å². The first-order chi connectivity index (χ1) is 14.3. The second-order valence-electron chi connectivity index (χ2n) is 6.59. The Morgan fingerprint density at radius 1 is 1.30 bits per heavy atom. The maximum atomic E-state index is 13.2. The van der Waals surface area contributed by atoms with Crippen LogP contribution in [-0.2, 0) is 25.7 Å². The molecular formula is C17H14ClF3IN6OP. The molecule has 0 aliphatic carbocycles. The summed E-state index contributed by atoms with van der Waals surface area (Å²) in [5, 5.41) is 4.23. The maximum absolute atomic E-state index is 13.2. The highest BCUT2D eigenvalue weighted by atomic mass is 127. The van der Waals surface area contributed by atoms with Crippen molar-refractivity contribution in [3.8, 4) is 0 Å². The van der Waals surface area contributed by atoms with Crippen LogP contribution in [0.15, 0.2) is 35.6 Å². The van der Waals surface area contributed by atoms with Gasteiger partial charge in [0.05, 0.1) is 43.4 Å². The van der Waals surface area contributed by atoms with Gasteiger partial charge in [-0.1, -0.05) is 17.7 Å². The molecule has 0 fully saturated rings. The van der Waals surface area contributed by atoms with Gasteiger partial charge in [-0.2, -0.15) is 18.3 Å². The molecule has 3 aromatic rings. The fourth-order valence-corrected chi connectivity index (χ4v) is 5.06. The third-order valence-corrected chi connectivity index (χ3v) is 7.02. The molecule has 1 unspecified atom stereocenters. The Hall–Kier alpha value is -1.72. The lowest BCUT2D eigenvalue weighted by Crippen LogP contribution is -2.33. The summed E-state index contributed by atoms with van der Waals surface area (Å²) in [4.78, 5) is 22.0. The van der Waals surface area contributed by atoms with Gasteiger partial charge in [0.25, 0.3) is 5.56 Å². The zero-order chi connectivity index (χ0) is 21.5. The Balaban J connectivity index is 1.60. The average molecular weight is 569 g/mol. The van der Waals surface area contributed by atoms with E-state index in [1.165, 1.54) is 22.9 Å². The van der Waals surface area contributed by atoms with Crippen LogP contribution < -0.4 is 10.5 Å². The zero-order valence-electron chi connectivity index (χ0n) is 15.2. The largest absolute Gasteiger partial charge is 0.433 e. The molecule has 158 valence electrons. The fourth-order valence-electron chi connectivity index (χ4n) is 3.42. The van der Waals surface area contributed by atoms with E-state index in [9.17, 15) is 18.0 Å². The van der Waals surface area contributed by atoms with Gasteiger partial charge < -0.3 is 9.47 Å².